The second-order valence-electron chi connectivity index (χ2n) is 13.5. The SMILES string of the molecule is C=CCCC(=O)C(CC)C1CCCCC1.CCCCCCCC/C=C/CCCCCCCCNC(C)CC(=O)C(C)CC. The first-order valence-corrected chi connectivity index (χ1v) is 19.0. The molecule has 0 bridgehead atoms. The molecule has 1 saturated carbocycles. The Balaban J connectivity index is 0.000000981. The van der Waals surface area contributed by atoms with Gasteiger partial charge < -0.3 is 5.32 Å². The largest absolute Gasteiger partial charge is 0.314 e. The van der Waals surface area contributed by atoms with Crippen molar-refractivity contribution in [3.8, 4) is 0 Å². The van der Waals surface area contributed by atoms with Crippen molar-refractivity contribution in [2.24, 2.45) is 17.8 Å². The molecule has 0 saturated heterocycles. The van der Waals surface area contributed by atoms with Gasteiger partial charge in [-0.2, -0.15) is 0 Å². The van der Waals surface area contributed by atoms with Gasteiger partial charge >= 0.3 is 0 Å². The van der Waals surface area contributed by atoms with Crippen LogP contribution in [0.4, 0.5) is 0 Å². The molecule has 0 radical (unpaired) electrons. The summed E-state index contributed by atoms with van der Waals surface area (Å²) in [4.78, 5) is 23.9. The van der Waals surface area contributed by atoms with Crippen molar-refractivity contribution in [3.05, 3.63) is 24.8 Å². The van der Waals surface area contributed by atoms with E-state index >= 15 is 0 Å². The topological polar surface area (TPSA) is 46.2 Å². The smallest absolute Gasteiger partial charge is 0.137 e. The molecule has 3 heteroatoms. The molecule has 0 spiro atoms. The Kier molecular flexibility index (Phi) is 29.9. The number of ketones is 2. The first-order chi connectivity index (χ1) is 20.9. The van der Waals surface area contributed by atoms with Crippen LogP contribution < -0.4 is 5.32 Å². The fraction of sp³-hybridized carbons (Fsp3) is 0.850. The first-order valence-electron chi connectivity index (χ1n) is 19.0. The Bertz CT molecular complexity index is 678. The fourth-order valence-electron chi connectivity index (χ4n) is 6.31. The number of carbonyl (C=O) groups excluding carboxylic acids is 2. The molecule has 0 heterocycles. The van der Waals surface area contributed by atoms with Crippen molar-refractivity contribution in [1.82, 2.24) is 5.32 Å². The zero-order chi connectivity index (χ0) is 32.0. The molecule has 3 atom stereocenters. The van der Waals surface area contributed by atoms with Crippen LogP contribution in [0.1, 0.15) is 189 Å². The average molecular weight is 602 g/mol. The van der Waals surface area contributed by atoms with Crippen LogP contribution >= 0.6 is 0 Å². The zero-order valence-corrected chi connectivity index (χ0v) is 29.7. The van der Waals surface area contributed by atoms with Gasteiger partial charge in [0.15, 0.2) is 0 Å². The lowest BCUT2D eigenvalue weighted by Gasteiger charge is -2.28. The summed E-state index contributed by atoms with van der Waals surface area (Å²) in [5.74, 6) is 2.12. The van der Waals surface area contributed by atoms with Crippen LogP contribution in [0.25, 0.3) is 0 Å². The normalized spacial score (nSPS) is 15.9. The van der Waals surface area contributed by atoms with Gasteiger partial charge in [-0.15, -0.1) is 6.58 Å². The number of carbonyl (C=O) groups is 2. The van der Waals surface area contributed by atoms with Gasteiger partial charge in [0.2, 0.25) is 0 Å². The van der Waals surface area contributed by atoms with Crippen LogP contribution in [-0.4, -0.2) is 24.2 Å². The van der Waals surface area contributed by atoms with E-state index in [0.29, 0.717) is 42.3 Å². The summed E-state index contributed by atoms with van der Waals surface area (Å²) < 4.78 is 0. The Labute approximate surface area is 269 Å². The van der Waals surface area contributed by atoms with Crippen molar-refractivity contribution < 1.29 is 9.59 Å². The summed E-state index contributed by atoms with van der Waals surface area (Å²) >= 11 is 0. The van der Waals surface area contributed by atoms with Crippen LogP contribution in [0.2, 0.25) is 0 Å². The molecule has 1 aliphatic rings. The van der Waals surface area contributed by atoms with Gasteiger partial charge in [-0.25, -0.2) is 0 Å². The highest BCUT2D eigenvalue weighted by Crippen LogP contribution is 2.33. The highest BCUT2D eigenvalue weighted by molar-refractivity contribution is 5.81. The van der Waals surface area contributed by atoms with Crippen molar-refractivity contribution >= 4 is 11.6 Å². The van der Waals surface area contributed by atoms with Gasteiger partial charge in [0.05, 0.1) is 0 Å². The second-order valence-corrected chi connectivity index (χ2v) is 13.5. The molecule has 0 amide bonds. The summed E-state index contributed by atoms with van der Waals surface area (Å²) in [6.45, 7) is 15.4. The van der Waals surface area contributed by atoms with E-state index in [9.17, 15) is 9.59 Å². The predicted molar refractivity (Wildman–Crippen MR) is 191 cm³/mol. The summed E-state index contributed by atoms with van der Waals surface area (Å²) in [7, 11) is 0. The van der Waals surface area contributed by atoms with Gasteiger partial charge in [0.25, 0.3) is 0 Å². The molecule has 1 rings (SSSR count). The van der Waals surface area contributed by atoms with Crippen molar-refractivity contribution in [3.63, 3.8) is 0 Å². The number of unbranched alkanes of at least 4 members (excludes halogenated alkanes) is 12. The Morgan fingerprint density at radius 2 is 1.28 bits per heavy atom. The van der Waals surface area contributed by atoms with Crippen LogP contribution in [0.5, 0.6) is 0 Å². The van der Waals surface area contributed by atoms with E-state index in [2.05, 4.69) is 51.7 Å². The van der Waals surface area contributed by atoms with Gasteiger partial charge in [-0.05, 0) is 83.6 Å². The summed E-state index contributed by atoms with van der Waals surface area (Å²) in [5, 5.41) is 3.51. The van der Waals surface area contributed by atoms with Crippen LogP contribution in [0.3, 0.4) is 0 Å². The summed E-state index contributed by atoms with van der Waals surface area (Å²) in [6, 6.07) is 0.324. The quantitative estimate of drug-likeness (QED) is 0.0752. The molecule has 43 heavy (non-hydrogen) atoms. The molecule has 0 aromatic heterocycles. The lowest BCUT2D eigenvalue weighted by Crippen LogP contribution is -2.30. The molecule has 1 aliphatic carbocycles. The number of allylic oxidation sites excluding steroid dienone is 3. The van der Waals surface area contributed by atoms with E-state index in [1.165, 1.54) is 122 Å². The first kappa shape index (κ1) is 41.8. The highest BCUT2D eigenvalue weighted by Gasteiger charge is 2.27. The molecule has 0 aromatic carbocycles. The maximum atomic E-state index is 12.0. The molecule has 0 aliphatic heterocycles. The van der Waals surface area contributed by atoms with Crippen LogP contribution in [-0.2, 0) is 9.59 Å². The minimum Gasteiger partial charge on any atom is -0.314 e. The number of rotatable bonds is 27. The summed E-state index contributed by atoms with van der Waals surface area (Å²) in [5.41, 5.74) is 0. The molecular weight excluding hydrogens is 526 g/mol. The highest BCUT2D eigenvalue weighted by atomic mass is 16.1. The molecule has 0 aromatic rings. The lowest BCUT2D eigenvalue weighted by molar-refractivity contribution is -0.125. The number of nitrogens with one attached hydrogen (secondary N) is 1. The molecule has 1 fully saturated rings. The van der Waals surface area contributed by atoms with E-state index in [-0.39, 0.29) is 5.92 Å². The van der Waals surface area contributed by atoms with Crippen molar-refractivity contribution in [1.29, 1.82) is 0 Å². The number of hydrogen-bond donors (Lipinski definition) is 1. The third kappa shape index (κ3) is 24.7. The Morgan fingerprint density at radius 3 is 1.81 bits per heavy atom. The van der Waals surface area contributed by atoms with Crippen LogP contribution in [0, 0.1) is 17.8 Å². The van der Waals surface area contributed by atoms with Crippen molar-refractivity contribution in [2.75, 3.05) is 6.54 Å². The van der Waals surface area contributed by atoms with E-state index in [4.69, 9.17) is 0 Å². The van der Waals surface area contributed by atoms with Gasteiger partial charge in [0.1, 0.15) is 11.6 Å². The van der Waals surface area contributed by atoms with E-state index in [1.807, 2.05) is 13.0 Å². The molecule has 252 valence electrons. The van der Waals surface area contributed by atoms with Gasteiger partial charge in [-0.1, -0.05) is 123 Å². The maximum absolute atomic E-state index is 12.0. The number of Topliss-reactive ketones (excluding diaryl/α,β-unsaturated/α-hetero) is 2. The fourth-order valence-corrected chi connectivity index (χ4v) is 6.31. The maximum Gasteiger partial charge on any atom is 0.137 e. The molecule has 1 N–H and O–H groups in total. The second kappa shape index (κ2) is 30.8. The zero-order valence-electron chi connectivity index (χ0n) is 29.7. The molecule has 3 nitrogen and oxygen atoms in total. The van der Waals surface area contributed by atoms with E-state index in [0.717, 1.165) is 25.8 Å². The minimum absolute atomic E-state index is 0.217. The lowest BCUT2D eigenvalue weighted by atomic mass is 9.76. The third-order valence-corrected chi connectivity index (χ3v) is 9.52. The van der Waals surface area contributed by atoms with Gasteiger partial charge in [-0.3, -0.25) is 9.59 Å². The molecule has 3 unspecified atom stereocenters. The van der Waals surface area contributed by atoms with Crippen LogP contribution in [0.15, 0.2) is 24.8 Å². The number of hydrogen-bond acceptors (Lipinski definition) is 3. The third-order valence-electron chi connectivity index (χ3n) is 9.52. The predicted octanol–water partition coefficient (Wildman–Crippen LogP) is 12.1. The minimum atomic E-state index is 0.217. The van der Waals surface area contributed by atoms with E-state index in [1.54, 1.807) is 0 Å². The standard InChI is InChI=1S/C26H51NO.C14H24O/c1-5-7-8-9-10-11-12-13-14-15-16-17-18-19-20-21-22-27-25(4)23-26(28)24(3)6-2;1-3-5-11-14(15)13(4-2)12-9-7-6-8-10-12/h13-14,24-25,27H,5-12,15-23H2,1-4H3;3,12-13H,1,4-11H2,2H3/b14-13+;. The van der Waals surface area contributed by atoms with Crippen molar-refractivity contribution in [2.45, 2.75) is 195 Å². The average Bonchev–Trinajstić information content (AvgIpc) is 3.02. The Morgan fingerprint density at radius 1 is 0.721 bits per heavy atom. The monoisotopic (exact) mass is 602 g/mol. The van der Waals surface area contributed by atoms with Gasteiger partial charge in [0, 0.05) is 30.7 Å². The Hall–Kier alpha value is -1.22. The van der Waals surface area contributed by atoms with E-state index < -0.39 is 0 Å². The molecular formula is C40H75NO2. The summed E-state index contributed by atoms with van der Waals surface area (Å²) in [6.07, 6.45) is 36.4.